The molecule has 1 unspecified atom stereocenters. The molecule has 4 heteroatoms. The van der Waals surface area contributed by atoms with E-state index in [-0.39, 0.29) is 6.04 Å². The molecule has 0 spiro atoms. The van der Waals surface area contributed by atoms with Crippen molar-refractivity contribution in [2.45, 2.75) is 19.6 Å². The Bertz CT molecular complexity index is 567. The van der Waals surface area contributed by atoms with Crippen LogP contribution in [0.2, 0.25) is 0 Å². The first-order chi connectivity index (χ1) is 9.60. The van der Waals surface area contributed by atoms with Gasteiger partial charge in [-0.2, -0.15) is 0 Å². The molecule has 0 bridgehead atoms. The van der Waals surface area contributed by atoms with Crippen LogP contribution < -0.4 is 15.2 Å². The van der Waals surface area contributed by atoms with Gasteiger partial charge in [0.05, 0.1) is 7.11 Å². The van der Waals surface area contributed by atoms with Gasteiger partial charge in [-0.3, -0.25) is 0 Å². The molecule has 106 valence electrons. The van der Waals surface area contributed by atoms with Gasteiger partial charge in [-0.05, 0) is 64.9 Å². The molecule has 0 aromatic heterocycles. The molecule has 3 nitrogen and oxygen atoms in total. The monoisotopic (exact) mass is 383 g/mol. The number of hydrogen-bond donors (Lipinski definition) is 1. The maximum atomic E-state index is 5.87. The van der Waals surface area contributed by atoms with Gasteiger partial charge in [0.15, 0.2) is 11.5 Å². The van der Waals surface area contributed by atoms with Crippen molar-refractivity contribution in [3.8, 4) is 11.5 Å². The van der Waals surface area contributed by atoms with Crippen LogP contribution in [0.3, 0.4) is 0 Å². The third kappa shape index (κ3) is 3.86. The van der Waals surface area contributed by atoms with Gasteiger partial charge in [-0.25, -0.2) is 0 Å². The van der Waals surface area contributed by atoms with Gasteiger partial charge in [0.2, 0.25) is 0 Å². The highest BCUT2D eigenvalue weighted by Crippen LogP contribution is 2.30. The fraction of sp³-hybridized carbons (Fsp3) is 0.250. The number of rotatable bonds is 5. The van der Waals surface area contributed by atoms with E-state index in [0.717, 1.165) is 16.9 Å². The lowest BCUT2D eigenvalue weighted by Gasteiger charge is -2.13. The van der Waals surface area contributed by atoms with Gasteiger partial charge in [0.1, 0.15) is 6.61 Å². The molecule has 2 aromatic carbocycles. The topological polar surface area (TPSA) is 44.5 Å². The quantitative estimate of drug-likeness (QED) is 0.797. The van der Waals surface area contributed by atoms with Crippen LogP contribution in [-0.4, -0.2) is 7.11 Å². The highest BCUT2D eigenvalue weighted by Gasteiger charge is 2.08. The van der Waals surface area contributed by atoms with Gasteiger partial charge in [-0.15, -0.1) is 0 Å². The first-order valence-corrected chi connectivity index (χ1v) is 7.49. The van der Waals surface area contributed by atoms with Gasteiger partial charge in [-0.1, -0.05) is 18.2 Å². The fourth-order valence-corrected chi connectivity index (χ4v) is 2.19. The van der Waals surface area contributed by atoms with Crippen molar-refractivity contribution in [1.29, 1.82) is 0 Å². The highest BCUT2D eigenvalue weighted by atomic mass is 127. The molecule has 0 fully saturated rings. The van der Waals surface area contributed by atoms with Gasteiger partial charge < -0.3 is 15.2 Å². The van der Waals surface area contributed by atoms with Crippen LogP contribution in [0.4, 0.5) is 0 Å². The summed E-state index contributed by atoms with van der Waals surface area (Å²) in [6.07, 6.45) is 0. The summed E-state index contributed by atoms with van der Waals surface area (Å²) in [5.74, 6) is 1.45. The second kappa shape index (κ2) is 6.95. The molecular weight excluding hydrogens is 365 g/mol. The summed E-state index contributed by atoms with van der Waals surface area (Å²) in [5, 5.41) is 0. The van der Waals surface area contributed by atoms with Crippen molar-refractivity contribution in [2.24, 2.45) is 5.73 Å². The number of hydrogen-bond acceptors (Lipinski definition) is 3. The van der Waals surface area contributed by atoms with Crippen LogP contribution in [0.25, 0.3) is 0 Å². The number of benzene rings is 2. The molecule has 2 rings (SSSR count). The minimum absolute atomic E-state index is 0.0193. The third-order valence-electron chi connectivity index (χ3n) is 3.02. The average Bonchev–Trinajstić information content (AvgIpc) is 2.46. The van der Waals surface area contributed by atoms with E-state index in [9.17, 15) is 0 Å². The van der Waals surface area contributed by atoms with Crippen molar-refractivity contribution in [1.82, 2.24) is 0 Å². The Morgan fingerprint density at radius 1 is 1.10 bits per heavy atom. The van der Waals surface area contributed by atoms with Crippen molar-refractivity contribution < 1.29 is 9.47 Å². The van der Waals surface area contributed by atoms with Crippen LogP contribution in [-0.2, 0) is 6.61 Å². The molecule has 0 saturated heterocycles. The minimum atomic E-state index is -0.0193. The summed E-state index contributed by atoms with van der Waals surface area (Å²) in [6.45, 7) is 2.46. The zero-order valence-electron chi connectivity index (χ0n) is 11.6. The van der Waals surface area contributed by atoms with Crippen LogP contribution >= 0.6 is 22.6 Å². The van der Waals surface area contributed by atoms with Crippen LogP contribution in [0.1, 0.15) is 24.1 Å². The summed E-state index contributed by atoms with van der Waals surface area (Å²) in [6, 6.07) is 14.0. The SMILES string of the molecule is COc1cc(C(C)N)ccc1OCc1ccc(I)cc1. The van der Waals surface area contributed by atoms with E-state index < -0.39 is 0 Å². The van der Waals surface area contributed by atoms with E-state index in [2.05, 4.69) is 46.9 Å². The molecule has 0 heterocycles. The van der Waals surface area contributed by atoms with E-state index in [1.165, 1.54) is 3.57 Å². The smallest absolute Gasteiger partial charge is 0.161 e. The maximum Gasteiger partial charge on any atom is 0.161 e. The Labute approximate surface area is 133 Å². The molecular formula is C16H18INO2. The van der Waals surface area contributed by atoms with Gasteiger partial charge >= 0.3 is 0 Å². The minimum Gasteiger partial charge on any atom is -0.493 e. The van der Waals surface area contributed by atoms with E-state index in [1.807, 2.05) is 25.1 Å². The van der Waals surface area contributed by atoms with E-state index >= 15 is 0 Å². The highest BCUT2D eigenvalue weighted by molar-refractivity contribution is 14.1. The van der Waals surface area contributed by atoms with Crippen molar-refractivity contribution in [3.63, 3.8) is 0 Å². The van der Waals surface area contributed by atoms with Crippen LogP contribution in [0, 0.1) is 3.57 Å². The standard InChI is InChI=1S/C16H18INO2/c1-11(18)13-5-8-15(16(9-13)19-2)20-10-12-3-6-14(17)7-4-12/h3-9,11H,10,18H2,1-2H3. The lowest BCUT2D eigenvalue weighted by molar-refractivity contribution is 0.284. The zero-order valence-corrected chi connectivity index (χ0v) is 13.8. The van der Waals surface area contributed by atoms with Crippen LogP contribution in [0.15, 0.2) is 42.5 Å². The lowest BCUT2D eigenvalue weighted by atomic mass is 10.1. The van der Waals surface area contributed by atoms with Gasteiger partial charge in [0, 0.05) is 9.61 Å². The molecule has 2 aromatic rings. The lowest BCUT2D eigenvalue weighted by Crippen LogP contribution is -2.05. The summed E-state index contributed by atoms with van der Waals surface area (Å²) >= 11 is 2.28. The molecule has 0 saturated carbocycles. The van der Waals surface area contributed by atoms with E-state index in [0.29, 0.717) is 12.4 Å². The van der Waals surface area contributed by atoms with E-state index in [1.54, 1.807) is 7.11 Å². The molecule has 0 aliphatic rings. The van der Waals surface area contributed by atoms with E-state index in [4.69, 9.17) is 15.2 Å². The number of methoxy groups -OCH3 is 1. The molecule has 20 heavy (non-hydrogen) atoms. The Hall–Kier alpha value is -1.27. The number of halogens is 1. The first kappa shape index (κ1) is 15.1. The first-order valence-electron chi connectivity index (χ1n) is 6.41. The molecule has 0 aliphatic heterocycles. The van der Waals surface area contributed by atoms with Gasteiger partial charge in [0.25, 0.3) is 0 Å². The summed E-state index contributed by atoms with van der Waals surface area (Å²) in [4.78, 5) is 0. The number of ether oxygens (including phenoxy) is 2. The van der Waals surface area contributed by atoms with Crippen molar-refractivity contribution in [3.05, 3.63) is 57.2 Å². The molecule has 0 radical (unpaired) electrons. The maximum absolute atomic E-state index is 5.87. The Kier molecular flexibility index (Phi) is 5.25. The third-order valence-corrected chi connectivity index (χ3v) is 3.74. The predicted octanol–water partition coefficient (Wildman–Crippen LogP) is 3.90. The normalized spacial score (nSPS) is 12.0. The molecule has 1 atom stereocenters. The Morgan fingerprint density at radius 3 is 2.40 bits per heavy atom. The Morgan fingerprint density at radius 2 is 1.80 bits per heavy atom. The Balaban J connectivity index is 2.10. The van der Waals surface area contributed by atoms with Crippen molar-refractivity contribution in [2.75, 3.05) is 7.11 Å². The number of nitrogens with two attached hydrogens (primary N) is 1. The summed E-state index contributed by atoms with van der Waals surface area (Å²) in [7, 11) is 1.64. The molecule has 0 aliphatic carbocycles. The second-order valence-electron chi connectivity index (χ2n) is 4.61. The average molecular weight is 383 g/mol. The molecule has 2 N–H and O–H groups in total. The predicted molar refractivity (Wildman–Crippen MR) is 89.1 cm³/mol. The second-order valence-corrected chi connectivity index (χ2v) is 5.86. The molecule has 0 amide bonds. The van der Waals surface area contributed by atoms with Crippen molar-refractivity contribution >= 4 is 22.6 Å². The summed E-state index contributed by atoms with van der Waals surface area (Å²) in [5.41, 5.74) is 8.03. The largest absolute Gasteiger partial charge is 0.493 e. The summed E-state index contributed by atoms with van der Waals surface area (Å²) < 4.78 is 12.4. The zero-order chi connectivity index (χ0) is 14.5. The van der Waals surface area contributed by atoms with Crippen LogP contribution in [0.5, 0.6) is 11.5 Å². The fourth-order valence-electron chi connectivity index (χ4n) is 1.83.